The predicted octanol–water partition coefficient (Wildman–Crippen LogP) is 1.36. The van der Waals surface area contributed by atoms with Gasteiger partial charge >= 0.3 is 6.54 Å². The molecular formula is C10H10FNO2. The van der Waals surface area contributed by atoms with Crippen molar-refractivity contribution in [3.05, 3.63) is 23.3 Å². The number of nitrogens with one attached hydrogen (secondary N) is 1. The van der Waals surface area contributed by atoms with Crippen molar-refractivity contribution in [1.82, 2.24) is 5.32 Å². The molecule has 3 rings (SSSR count). The van der Waals surface area contributed by atoms with Gasteiger partial charge in [-0.05, 0) is 36.2 Å². The van der Waals surface area contributed by atoms with Gasteiger partial charge < -0.3 is 14.8 Å². The zero-order chi connectivity index (χ0) is 9.54. The van der Waals surface area contributed by atoms with Crippen LogP contribution in [0.3, 0.4) is 0 Å². The van der Waals surface area contributed by atoms with E-state index in [9.17, 15) is 4.39 Å². The van der Waals surface area contributed by atoms with Gasteiger partial charge in [-0.25, -0.2) is 0 Å². The molecule has 0 aliphatic carbocycles. The molecule has 0 radical (unpaired) electrons. The van der Waals surface area contributed by atoms with Crippen LogP contribution in [-0.2, 0) is 13.0 Å². The van der Waals surface area contributed by atoms with Crippen LogP contribution in [0.5, 0.6) is 11.5 Å². The highest BCUT2D eigenvalue weighted by molar-refractivity contribution is 5.49. The number of halogens is 1. The molecule has 2 heterocycles. The topological polar surface area (TPSA) is 30.5 Å². The second-order valence-corrected chi connectivity index (χ2v) is 3.50. The lowest BCUT2D eigenvalue weighted by atomic mass is 10.0. The smallest absolute Gasteiger partial charge is 0.397 e. The summed E-state index contributed by atoms with van der Waals surface area (Å²) in [4.78, 5) is 0. The van der Waals surface area contributed by atoms with E-state index in [1.807, 2.05) is 12.1 Å². The van der Waals surface area contributed by atoms with Gasteiger partial charge in [-0.15, -0.1) is 0 Å². The molecule has 2 aliphatic rings. The van der Waals surface area contributed by atoms with Crippen LogP contribution in [0.2, 0.25) is 0 Å². The van der Waals surface area contributed by atoms with Crippen molar-refractivity contribution in [2.24, 2.45) is 0 Å². The summed E-state index contributed by atoms with van der Waals surface area (Å²) in [6.07, 6.45) is 0.961. The zero-order valence-electron chi connectivity index (χ0n) is 7.55. The maximum atomic E-state index is 12.7. The highest BCUT2D eigenvalue weighted by Gasteiger charge is 2.25. The first-order valence-corrected chi connectivity index (χ1v) is 4.67. The van der Waals surface area contributed by atoms with E-state index in [0.29, 0.717) is 11.5 Å². The molecule has 2 aliphatic heterocycles. The first-order chi connectivity index (χ1) is 6.83. The van der Waals surface area contributed by atoms with Gasteiger partial charge in [-0.3, -0.25) is 0 Å². The van der Waals surface area contributed by atoms with Crippen LogP contribution < -0.4 is 14.8 Å². The molecule has 0 saturated carbocycles. The van der Waals surface area contributed by atoms with Crippen LogP contribution >= 0.6 is 0 Å². The summed E-state index contributed by atoms with van der Waals surface area (Å²) in [5, 5.41) is 3.25. The molecule has 0 spiro atoms. The number of hydrogen-bond acceptors (Lipinski definition) is 3. The molecule has 74 valence electrons. The summed E-state index contributed by atoms with van der Waals surface area (Å²) in [6, 6.07) is 3.74. The normalized spacial score (nSPS) is 23.4. The third-order valence-electron chi connectivity index (χ3n) is 2.59. The minimum atomic E-state index is -1.64. The van der Waals surface area contributed by atoms with Gasteiger partial charge in [0.1, 0.15) is 0 Å². The summed E-state index contributed by atoms with van der Waals surface area (Å²) in [6.45, 7) is 0.149. The van der Waals surface area contributed by atoms with Gasteiger partial charge in [0, 0.05) is 6.54 Å². The monoisotopic (exact) mass is 195 g/mol. The van der Waals surface area contributed by atoms with E-state index in [2.05, 4.69) is 5.32 Å². The Morgan fingerprint density at radius 2 is 1.93 bits per heavy atom. The van der Waals surface area contributed by atoms with Gasteiger partial charge in [0.2, 0.25) is 0 Å². The first-order valence-electron chi connectivity index (χ1n) is 4.67. The quantitative estimate of drug-likeness (QED) is 0.678. The van der Waals surface area contributed by atoms with Crippen molar-refractivity contribution in [1.29, 1.82) is 0 Å². The van der Waals surface area contributed by atoms with E-state index in [0.717, 1.165) is 19.5 Å². The summed E-state index contributed by atoms with van der Waals surface area (Å²) in [5.74, 6) is 1.04. The lowest BCUT2D eigenvalue weighted by Crippen LogP contribution is -2.23. The number of rotatable bonds is 0. The minimum absolute atomic E-state index is 0.514. The molecule has 4 heteroatoms. The molecule has 1 N–H and O–H groups in total. The Balaban J connectivity index is 2.06. The van der Waals surface area contributed by atoms with Crippen molar-refractivity contribution < 1.29 is 13.9 Å². The van der Waals surface area contributed by atoms with Crippen LogP contribution in [0.15, 0.2) is 12.1 Å². The Morgan fingerprint density at radius 1 is 1.21 bits per heavy atom. The standard InChI is InChI=1S/C10H10FNO2/c11-10-13-8-3-6-1-2-12-5-7(6)4-9(8)14-10/h3-4,10,12H,1-2,5H2. The highest BCUT2D eigenvalue weighted by Crippen LogP contribution is 2.38. The van der Waals surface area contributed by atoms with Crippen molar-refractivity contribution in [2.45, 2.75) is 19.5 Å². The SMILES string of the molecule is FC1Oc2cc3c(cc2O1)CNCC3. The average molecular weight is 195 g/mol. The largest absolute Gasteiger partial charge is 0.425 e. The van der Waals surface area contributed by atoms with Crippen LogP contribution in [0.4, 0.5) is 4.39 Å². The van der Waals surface area contributed by atoms with Gasteiger partial charge in [-0.1, -0.05) is 0 Å². The average Bonchev–Trinajstić information content (AvgIpc) is 2.53. The molecule has 14 heavy (non-hydrogen) atoms. The summed E-state index contributed by atoms with van der Waals surface area (Å²) in [7, 11) is 0. The maximum Gasteiger partial charge on any atom is 0.397 e. The van der Waals surface area contributed by atoms with Crippen LogP contribution in [0.1, 0.15) is 11.1 Å². The summed E-state index contributed by atoms with van der Waals surface area (Å²) in [5.41, 5.74) is 2.40. The third-order valence-corrected chi connectivity index (χ3v) is 2.59. The van der Waals surface area contributed by atoms with Gasteiger partial charge in [0.15, 0.2) is 11.5 Å². The molecule has 1 unspecified atom stereocenters. The van der Waals surface area contributed by atoms with E-state index in [-0.39, 0.29) is 0 Å². The zero-order valence-corrected chi connectivity index (χ0v) is 7.55. The Kier molecular flexibility index (Phi) is 1.64. The Hall–Kier alpha value is -1.29. The molecule has 1 aromatic carbocycles. The number of fused-ring (bicyclic) bond motifs is 2. The molecule has 0 aromatic heterocycles. The van der Waals surface area contributed by atoms with Crippen molar-refractivity contribution in [3.63, 3.8) is 0 Å². The molecule has 0 saturated heterocycles. The van der Waals surface area contributed by atoms with Gasteiger partial charge in [-0.2, -0.15) is 4.39 Å². The Morgan fingerprint density at radius 3 is 2.71 bits per heavy atom. The number of alkyl halides is 1. The number of benzene rings is 1. The molecule has 0 bridgehead atoms. The van der Waals surface area contributed by atoms with Crippen molar-refractivity contribution in [2.75, 3.05) is 6.54 Å². The van der Waals surface area contributed by atoms with Crippen LogP contribution in [0, 0.1) is 0 Å². The molecule has 0 fully saturated rings. The maximum absolute atomic E-state index is 12.7. The number of ether oxygens (including phenoxy) is 2. The second-order valence-electron chi connectivity index (χ2n) is 3.50. The first kappa shape index (κ1) is 8.05. The summed E-state index contributed by atoms with van der Waals surface area (Å²) < 4.78 is 22.5. The predicted molar refractivity (Wildman–Crippen MR) is 48.0 cm³/mol. The summed E-state index contributed by atoms with van der Waals surface area (Å²) >= 11 is 0. The van der Waals surface area contributed by atoms with Gasteiger partial charge in [0.05, 0.1) is 0 Å². The van der Waals surface area contributed by atoms with E-state index in [4.69, 9.17) is 9.47 Å². The number of hydrogen-bond donors (Lipinski definition) is 1. The molecule has 1 aromatic rings. The Bertz CT molecular complexity index is 346. The fraction of sp³-hybridized carbons (Fsp3) is 0.400. The van der Waals surface area contributed by atoms with Crippen molar-refractivity contribution >= 4 is 0 Å². The van der Waals surface area contributed by atoms with Gasteiger partial charge in [0.25, 0.3) is 0 Å². The van der Waals surface area contributed by atoms with E-state index < -0.39 is 6.54 Å². The van der Waals surface area contributed by atoms with Crippen molar-refractivity contribution in [3.8, 4) is 11.5 Å². The highest BCUT2D eigenvalue weighted by atomic mass is 19.2. The minimum Gasteiger partial charge on any atom is -0.425 e. The molecule has 1 atom stereocenters. The fourth-order valence-corrected chi connectivity index (χ4v) is 1.90. The molecule has 3 nitrogen and oxygen atoms in total. The Labute approximate surface area is 80.8 Å². The van der Waals surface area contributed by atoms with Crippen LogP contribution in [0.25, 0.3) is 0 Å². The van der Waals surface area contributed by atoms with Crippen LogP contribution in [-0.4, -0.2) is 13.1 Å². The van der Waals surface area contributed by atoms with E-state index in [1.165, 1.54) is 11.1 Å². The molecule has 0 amide bonds. The lowest BCUT2D eigenvalue weighted by Gasteiger charge is -2.16. The van der Waals surface area contributed by atoms with E-state index in [1.54, 1.807) is 0 Å². The fourth-order valence-electron chi connectivity index (χ4n) is 1.90. The van der Waals surface area contributed by atoms with E-state index >= 15 is 0 Å². The third kappa shape index (κ3) is 1.14. The lowest BCUT2D eigenvalue weighted by molar-refractivity contribution is -0.0652. The second kappa shape index (κ2) is 2.85. The molecular weight excluding hydrogens is 185 g/mol.